The highest BCUT2D eigenvalue weighted by Crippen LogP contribution is 2.51. The largest absolute Gasteiger partial charge is 0.525 e. The minimum absolute atomic E-state index is 0.345. The van der Waals surface area contributed by atoms with Crippen LogP contribution in [-0.2, 0) is 17.4 Å². The molecule has 4 aromatic rings. The molecule has 7 heteroatoms. The van der Waals surface area contributed by atoms with Crippen LogP contribution in [0.1, 0.15) is 22.3 Å². The van der Waals surface area contributed by atoms with E-state index in [1.165, 1.54) is 0 Å². The third kappa shape index (κ3) is 6.05. The molecule has 0 radical (unpaired) electrons. The van der Waals surface area contributed by atoms with Crippen LogP contribution in [-0.4, -0.2) is 0 Å². The lowest BCUT2D eigenvalue weighted by Gasteiger charge is -2.19. The van der Waals surface area contributed by atoms with E-state index < -0.39 is 7.75 Å². The molecule has 4 rings (SSSR count). The van der Waals surface area contributed by atoms with Crippen molar-refractivity contribution in [2.45, 2.75) is 12.8 Å². The Balaban J connectivity index is 1.61. The molecule has 0 unspecified atom stereocenters. The van der Waals surface area contributed by atoms with Gasteiger partial charge in [0.15, 0.2) is 0 Å². The van der Waals surface area contributed by atoms with Gasteiger partial charge in [-0.3, -0.25) is 0 Å². The van der Waals surface area contributed by atoms with Crippen molar-refractivity contribution in [1.82, 2.24) is 0 Å². The van der Waals surface area contributed by atoms with Gasteiger partial charge in [0, 0.05) is 22.6 Å². The van der Waals surface area contributed by atoms with Crippen molar-refractivity contribution in [3.8, 4) is 11.5 Å². The summed E-state index contributed by atoms with van der Waals surface area (Å²) >= 11 is 0. The predicted molar refractivity (Wildman–Crippen MR) is 129 cm³/mol. The monoisotopic (exact) mass is 455 g/mol. The smallest absolute Gasteiger partial charge is 0.411 e. The first kappa shape index (κ1) is 22.2. The predicted octanol–water partition coefficient (Wildman–Crippen LogP) is 7.74. The maximum atomic E-state index is 13.5. The van der Waals surface area contributed by atoms with Gasteiger partial charge in [-0.2, -0.15) is 0 Å². The summed E-state index contributed by atoms with van der Waals surface area (Å²) in [5.74, 6) is 0.690. The summed E-state index contributed by atoms with van der Waals surface area (Å²) in [5.41, 5.74) is 12.8. The average Bonchev–Trinajstić information content (AvgIpc) is 2.83. The SMILES string of the molecule is [N-]=[N+]=NP(=O)(Oc1ccccc1Cc1ccccc1)Oc1ccccc1Cc1ccccc1. The molecule has 0 saturated carbocycles. The fraction of sp³-hybridized carbons (Fsp3) is 0.0769. The van der Waals surface area contributed by atoms with Gasteiger partial charge in [0.25, 0.3) is 0 Å². The first-order chi connectivity index (χ1) is 16.1. The second-order valence-corrected chi connectivity index (χ2v) is 8.85. The fourth-order valence-corrected chi connectivity index (χ4v) is 4.52. The number of hydrogen-bond donors (Lipinski definition) is 0. The lowest BCUT2D eigenvalue weighted by Crippen LogP contribution is -2.03. The Hall–Kier alpha value is -3.98. The Morgan fingerprint density at radius 3 is 1.45 bits per heavy atom. The van der Waals surface area contributed by atoms with Crippen LogP contribution in [0.25, 0.3) is 10.4 Å². The molecular formula is C26H22N3O3P. The Morgan fingerprint density at radius 1 is 0.636 bits per heavy atom. The first-order valence-electron chi connectivity index (χ1n) is 10.4. The van der Waals surface area contributed by atoms with Crippen LogP contribution in [0.3, 0.4) is 0 Å². The van der Waals surface area contributed by atoms with Crippen molar-refractivity contribution in [3.63, 3.8) is 0 Å². The lowest BCUT2D eigenvalue weighted by atomic mass is 10.0. The van der Waals surface area contributed by atoms with Gasteiger partial charge in [-0.05, 0) is 39.9 Å². The molecule has 0 aliphatic heterocycles. The Bertz CT molecular complexity index is 1220. The summed E-state index contributed by atoms with van der Waals surface area (Å²) in [7, 11) is -4.22. The van der Waals surface area contributed by atoms with E-state index in [-0.39, 0.29) is 0 Å². The number of rotatable bonds is 9. The van der Waals surface area contributed by atoms with E-state index >= 15 is 0 Å². The summed E-state index contributed by atoms with van der Waals surface area (Å²) in [6.45, 7) is 0. The molecule has 0 heterocycles. The van der Waals surface area contributed by atoms with Gasteiger partial charge in [0.05, 0.1) is 0 Å². The number of para-hydroxylation sites is 2. The number of azide groups is 1. The van der Waals surface area contributed by atoms with E-state index in [0.29, 0.717) is 24.3 Å². The van der Waals surface area contributed by atoms with E-state index in [1.54, 1.807) is 24.3 Å². The standard InChI is InChI=1S/C26H22N3O3P/c27-28-29-33(30,31-25-17-9-7-15-23(25)19-21-11-3-1-4-12-21)32-26-18-10-8-16-24(26)20-22-13-5-2-6-14-22/h1-18H,19-20H2. The van der Waals surface area contributed by atoms with Crippen LogP contribution >= 0.6 is 7.75 Å². The second-order valence-electron chi connectivity index (χ2n) is 7.37. The Kier molecular flexibility index (Phi) is 7.11. The molecule has 0 aliphatic carbocycles. The minimum Gasteiger partial charge on any atom is -0.411 e. The molecule has 33 heavy (non-hydrogen) atoms. The molecule has 6 nitrogen and oxygen atoms in total. The van der Waals surface area contributed by atoms with Crippen LogP contribution in [0.2, 0.25) is 0 Å². The summed E-state index contributed by atoms with van der Waals surface area (Å²) in [5, 5.41) is 0. The topological polar surface area (TPSA) is 84.3 Å². The lowest BCUT2D eigenvalue weighted by molar-refractivity contribution is 0.384. The zero-order valence-electron chi connectivity index (χ0n) is 17.8. The molecule has 0 amide bonds. The average molecular weight is 455 g/mol. The van der Waals surface area contributed by atoms with Crippen LogP contribution in [0.4, 0.5) is 0 Å². The molecule has 164 valence electrons. The number of benzene rings is 4. The third-order valence-electron chi connectivity index (χ3n) is 5.00. The molecular weight excluding hydrogens is 433 g/mol. The molecule has 0 bridgehead atoms. The maximum absolute atomic E-state index is 13.5. The van der Waals surface area contributed by atoms with Crippen LogP contribution in [0.15, 0.2) is 114 Å². The molecule has 0 aromatic heterocycles. The second kappa shape index (κ2) is 10.6. The highest BCUT2D eigenvalue weighted by atomic mass is 31.2. The first-order valence-corrected chi connectivity index (χ1v) is 11.9. The molecule has 0 aliphatic rings. The molecule has 0 N–H and O–H groups in total. The van der Waals surface area contributed by atoms with Gasteiger partial charge in [-0.15, -0.1) is 0 Å². The van der Waals surface area contributed by atoms with Gasteiger partial charge in [0.1, 0.15) is 11.5 Å². The van der Waals surface area contributed by atoms with Crippen molar-refractivity contribution in [2.75, 3.05) is 0 Å². The zero-order chi connectivity index (χ0) is 22.9. The van der Waals surface area contributed by atoms with E-state index in [1.807, 2.05) is 84.9 Å². The summed E-state index contributed by atoms with van der Waals surface area (Å²) in [6.07, 6.45) is 1.13. The Morgan fingerprint density at radius 2 is 1.03 bits per heavy atom. The van der Waals surface area contributed by atoms with Crippen LogP contribution in [0, 0.1) is 0 Å². The van der Waals surface area contributed by atoms with Crippen molar-refractivity contribution in [3.05, 3.63) is 142 Å². The van der Waals surface area contributed by atoms with E-state index in [2.05, 4.69) is 9.80 Å². The minimum atomic E-state index is -4.22. The van der Waals surface area contributed by atoms with Crippen molar-refractivity contribution < 1.29 is 13.6 Å². The van der Waals surface area contributed by atoms with Gasteiger partial charge < -0.3 is 9.05 Å². The maximum Gasteiger partial charge on any atom is 0.525 e. The summed E-state index contributed by atoms with van der Waals surface area (Å²) < 4.78 is 25.0. The highest BCUT2D eigenvalue weighted by molar-refractivity contribution is 7.53. The van der Waals surface area contributed by atoms with Crippen LogP contribution < -0.4 is 9.05 Å². The number of hydrogen-bond acceptors (Lipinski definition) is 3. The van der Waals surface area contributed by atoms with Crippen LogP contribution in [0.5, 0.6) is 11.5 Å². The van der Waals surface area contributed by atoms with E-state index in [9.17, 15) is 4.57 Å². The molecule has 0 saturated heterocycles. The van der Waals surface area contributed by atoms with Crippen molar-refractivity contribution in [2.24, 2.45) is 4.88 Å². The molecule has 0 fully saturated rings. The zero-order valence-corrected chi connectivity index (χ0v) is 18.7. The van der Waals surface area contributed by atoms with Gasteiger partial charge in [-0.25, -0.2) is 4.57 Å². The molecule has 0 atom stereocenters. The van der Waals surface area contributed by atoms with Gasteiger partial charge in [0.2, 0.25) is 0 Å². The summed E-state index contributed by atoms with van der Waals surface area (Å²) in [6, 6.07) is 34.2. The van der Waals surface area contributed by atoms with Gasteiger partial charge in [-0.1, -0.05) is 97.1 Å². The fourth-order valence-electron chi connectivity index (χ4n) is 3.46. The van der Waals surface area contributed by atoms with Crippen molar-refractivity contribution >= 4 is 7.75 Å². The summed E-state index contributed by atoms with van der Waals surface area (Å²) in [4.78, 5) is 6.17. The Labute approximate surface area is 192 Å². The van der Waals surface area contributed by atoms with E-state index in [4.69, 9.17) is 14.6 Å². The quantitative estimate of drug-likeness (QED) is 0.112. The van der Waals surface area contributed by atoms with Crippen molar-refractivity contribution in [1.29, 1.82) is 0 Å². The normalized spacial score (nSPS) is 10.8. The molecule has 0 spiro atoms. The van der Waals surface area contributed by atoms with E-state index in [0.717, 1.165) is 22.3 Å². The molecule has 4 aromatic carbocycles. The third-order valence-corrected chi connectivity index (χ3v) is 6.15. The van der Waals surface area contributed by atoms with Gasteiger partial charge >= 0.3 is 7.75 Å². The number of nitrogens with zero attached hydrogens (tertiary/aromatic N) is 3. The highest BCUT2D eigenvalue weighted by Gasteiger charge is 2.29.